The summed E-state index contributed by atoms with van der Waals surface area (Å²) in [6.07, 6.45) is 2.11. The van der Waals surface area contributed by atoms with Crippen molar-refractivity contribution in [3.05, 3.63) is 102 Å². The number of hydrazine groups is 1. The van der Waals surface area contributed by atoms with Gasteiger partial charge in [0.05, 0.1) is 24.9 Å². The molecule has 13 nitrogen and oxygen atoms in total. The number of aliphatic hydroxyl groups excluding tert-OH is 1. The number of rotatable bonds is 19. The zero-order valence-corrected chi connectivity index (χ0v) is 30.2. The maximum absolute atomic E-state index is 14.1. The summed E-state index contributed by atoms with van der Waals surface area (Å²) in [4.78, 5) is 60.8. The number of aliphatic hydroxyl groups is 1. The predicted molar refractivity (Wildman–Crippen MR) is 198 cm³/mol. The van der Waals surface area contributed by atoms with Crippen molar-refractivity contribution in [2.75, 3.05) is 0 Å². The predicted octanol–water partition coefficient (Wildman–Crippen LogP) is 3.83. The number of alkyl carbamates (subject to hydrolysis) is 1. The van der Waals surface area contributed by atoms with Crippen molar-refractivity contribution in [2.45, 2.75) is 96.7 Å². The summed E-state index contributed by atoms with van der Waals surface area (Å²) in [7, 11) is 0. The van der Waals surface area contributed by atoms with Gasteiger partial charge in [0, 0.05) is 30.8 Å². The highest BCUT2D eigenvalue weighted by Gasteiger charge is 2.32. The third-order valence-corrected chi connectivity index (χ3v) is 8.72. The number of H-pyrrole nitrogens is 1. The number of benzene rings is 3. The second kappa shape index (κ2) is 19.9. The van der Waals surface area contributed by atoms with Crippen LogP contribution in [0.1, 0.15) is 63.8 Å². The summed E-state index contributed by atoms with van der Waals surface area (Å²) in [6.45, 7) is 7.79. The van der Waals surface area contributed by atoms with Crippen molar-refractivity contribution < 1.29 is 29.0 Å². The van der Waals surface area contributed by atoms with Crippen LogP contribution in [0.25, 0.3) is 10.8 Å². The Morgan fingerprint density at radius 1 is 0.846 bits per heavy atom. The smallest absolute Gasteiger partial charge is 0.408 e. The number of carbonyl (C=O) groups excluding carboxylic acids is 4. The Kier molecular flexibility index (Phi) is 15.2. The minimum atomic E-state index is -1.20. The molecule has 52 heavy (non-hydrogen) atoms. The molecule has 0 saturated carbocycles. The van der Waals surface area contributed by atoms with Gasteiger partial charge in [-0.25, -0.2) is 15.2 Å². The number of ether oxygens (including phenoxy) is 1. The van der Waals surface area contributed by atoms with Gasteiger partial charge in [-0.15, -0.1) is 0 Å². The van der Waals surface area contributed by atoms with Crippen molar-refractivity contribution >= 4 is 34.6 Å². The molecule has 13 heteroatoms. The molecular weight excluding hydrogens is 662 g/mol. The Bertz CT molecular complexity index is 1730. The lowest BCUT2D eigenvalue weighted by molar-refractivity contribution is -0.131. The normalized spacial score (nSPS) is 14.1. The molecule has 2 unspecified atom stereocenters. The number of nitrogens with zero attached hydrogens (tertiary/aromatic N) is 1. The number of aromatic amines is 1. The van der Waals surface area contributed by atoms with E-state index in [-0.39, 0.29) is 37.8 Å². The molecule has 0 radical (unpaired) electrons. The lowest BCUT2D eigenvalue weighted by Crippen LogP contribution is -2.57. The molecule has 0 spiro atoms. The molecule has 0 saturated heterocycles. The van der Waals surface area contributed by atoms with Crippen molar-refractivity contribution in [3.63, 3.8) is 0 Å². The molecule has 3 aromatic carbocycles. The van der Waals surface area contributed by atoms with E-state index in [1.165, 1.54) is 6.33 Å². The van der Waals surface area contributed by atoms with Gasteiger partial charge in [0.2, 0.25) is 17.7 Å². The Morgan fingerprint density at radius 3 is 2.25 bits per heavy atom. The molecule has 1 aromatic heterocycles. The van der Waals surface area contributed by atoms with Gasteiger partial charge >= 0.3 is 6.09 Å². The van der Waals surface area contributed by atoms with Crippen LogP contribution >= 0.6 is 0 Å². The average Bonchev–Trinajstić information content (AvgIpc) is 3.65. The standard InChI is InChI=1S/C39H51N7O6/c1-5-26(4)45-46-36(48)21-35(47)32(18-25(2)3)42-38(50)34(20-30-22-40-24-41-30)43-37(49)33(44-39(51)52-23-27-12-7-6-8-13-27)19-29-16-11-15-28-14-9-10-17-31(28)29/h6-17,22,24-26,32-35,45,47H,5,18-21,23H2,1-4H3,(H,40,41)(H,42,50)(H,43,49)(H,44,51)(H,46,48)/t26?,32-,33+,34?,35-/m0/s1. The summed E-state index contributed by atoms with van der Waals surface area (Å²) in [5.41, 5.74) is 7.68. The van der Waals surface area contributed by atoms with E-state index in [1.54, 1.807) is 6.20 Å². The second-order valence-electron chi connectivity index (χ2n) is 13.5. The van der Waals surface area contributed by atoms with Crippen molar-refractivity contribution in [1.29, 1.82) is 0 Å². The number of nitrogens with one attached hydrogen (secondary N) is 6. The van der Waals surface area contributed by atoms with E-state index < -0.39 is 48.0 Å². The van der Waals surface area contributed by atoms with Crippen molar-refractivity contribution in [3.8, 4) is 0 Å². The maximum Gasteiger partial charge on any atom is 0.408 e. The van der Waals surface area contributed by atoms with E-state index in [4.69, 9.17) is 4.74 Å². The molecule has 4 rings (SSSR count). The average molecular weight is 714 g/mol. The molecule has 0 aliphatic carbocycles. The minimum Gasteiger partial charge on any atom is -0.445 e. The molecule has 0 aliphatic rings. The summed E-state index contributed by atoms with van der Waals surface area (Å²) < 4.78 is 5.47. The number of imidazole rings is 1. The van der Waals surface area contributed by atoms with E-state index in [2.05, 4.69) is 36.8 Å². The Balaban J connectivity index is 1.54. The van der Waals surface area contributed by atoms with Crippen molar-refractivity contribution in [1.82, 2.24) is 36.8 Å². The largest absolute Gasteiger partial charge is 0.445 e. The number of fused-ring (bicyclic) bond motifs is 1. The van der Waals surface area contributed by atoms with Crippen LogP contribution in [0.5, 0.6) is 0 Å². The molecule has 1 heterocycles. The van der Waals surface area contributed by atoms with Crippen LogP contribution in [0, 0.1) is 5.92 Å². The summed E-state index contributed by atoms with van der Waals surface area (Å²) in [5, 5.41) is 21.5. The number of amides is 4. The quantitative estimate of drug-likeness (QED) is 0.0715. The SMILES string of the molecule is CCC(C)NNC(=O)C[C@H](O)[C@H](CC(C)C)NC(=O)C(Cc1cnc[nH]1)NC(=O)[C@@H](Cc1cccc2ccccc12)NC(=O)OCc1ccccc1. The van der Waals surface area contributed by atoms with Crippen LogP contribution in [0.2, 0.25) is 0 Å². The molecular formula is C39H51N7O6. The topological polar surface area (TPSA) is 187 Å². The highest BCUT2D eigenvalue weighted by atomic mass is 16.5. The zero-order valence-electron chi connectivity index (χ0n) is 30.2. The highest BCUT2D eigenvalue weighted by Crippen LogP contribution is 2.20. The van der Waals surface area contributed by atoms with Crippen molar-refractivity contribution in [2.24, 2.45) is 5.92 Å². The summed E-state index contributed by atoms with van der Waals surface area (Å²) in [6, 6.07) is 19.7. The summed E-state index contributed by atoms with van der Waals surface area (Å²) >= 11 is 0. The number of hydrogen-bond donors (Lipinski definition) is 7. The van der Waals surface area contributed by atoms with E-state index in [0.29, 0.717) is 12.1 Å². The van der Waals surface area contributed by atoms with Gasteiger partial charge in [-0.05, 0) is 47.6 Å². The van der Waals surface area contributed by atoms with Gasteiger partial charge in [0.25, 0.3) is 0 Å². The maximum atomic E-state index is 14.1. The van der Waals surface area contributed by atoms with E-state index in [9.17, 15) is 24.3 Å². The van der Waals surface area contributed by atoms with Crippen LogP contribution < -0.4 is 26.8 Å². The Labute approximate surface area is 304 Å². The molecule has 0 bridgehead atoms. The Morgan fingerprint density at radius 2 is 1.54 bits per heavy atom. The fourth-order valence-electron chi connectivity index (χ4n) is 5.70. The number of carbonyl (C=O) groups is 4. The van der Waals surface area contributed by atoms with Gasteiger partial charge in [-0.3, -0.25) is 19.8 Å². The first-order valence-electron chi connectivity index (χ1n) is 17.8. The first-order valence-corrected chi connectivity index (χ1v) is 17.8. The first-order chi connectivity index (χ1) is 25.0. The lowest BCUT2D eigenvalue weighted by atomic mass is 9.96. The third-order valence-electron chi connectivity index (χ3n) is 8.72. The van der Waals surface area contributed by atoms with Crippen LogP contribution in [-0.2, 0) is 38.6 Å². The second-order valence-corrected chi connectivity index (χ2v) is 13.5. The Hall–Kier alpha value is -5.27. The molecule has 0 fully saturated rings. The number of aromatic nitrogens is 2. The van der Waals surface area contributed by atoms with Crippen LogP contribution in [0.15, 0.2) is 85.3 Å². The van der Waals surface area contributed by atoms with Gasteiger partial charge in [0.1, 0.15) is 18.7 Å². The third kappa shape index (κ3) is 12.5. The van der Waals surface area contributed by atoms with Crippen LogP contribution in [0.3, 0.4) is 0 Å². The van der Waals surface area contributed by atoms with Gasteiger partial charge in [-0.2, -0.15) is 0 Å². The van der Waals surface area contributed by atoms with Crippen LogP contribution in [-0.4, -0.2) is 69.2 Å². The number of hydrogen-bond acceptors (Lipinski definition) is 8. The fraction of sp³-hybridized carbons (Fsp3) is 0.410. The molecule has 0 aliphatic heterocycles. The van der Waals surface area contributed by atoms with Gasteiger partial charge in [0.15, 0.2) is 0 Å². The fourth-order valence-corrected chi connectivity index (χ4v) is 5.70. The molecule has 4 amide bonds. The van der Waals surface area contributed by atoms with Gasteiger partial charge < -0.3 is 30.8 Å². The monoisotopic (exact) mass is 713 g/mol. The molecule has 278 valence electrons. The first kappa shape index (κ1) is 39.5. The van der Waals surface area contributed by atoms with E-state index >= 15 is 0 Å². The van der Waals surface area contributed by atoms with E-state index in [0.717, 1.165) is 28.3 Å². The molecule has 5 atom stereocenters. The lowest BCUT2D eigenvalue weighted by Gasteiger charge is -2.29. The zero-order chi connectivity index (χ0) is 37.5. The summed E-state index contributed by atoms with van der Waals surface area (Å²) in [5.74, 6) is -1.53. The van der Waals surface area contributed by atoms with E-state index in [1.807, 2.05) is 100 Å². The highest BCUT2D eigenvalue weighted by molar-refractivity contribution is 5.93. The minimum absolute atomic E-state index is 0.00537. The van der Waals surface area contributed by atoms with Crippen LogP contribution in [0.4, 0.5) is 4.79 Å². The molecule has 7 N–H and O–H groups in total. The molecule has 4 aromatic rings. The van der Waals surface area contributed by atoms with Gasteiger partial charge in [-0.1, -0.05) is 93.6 Å².